The van der Waals surface area contributed by atoms with Gasteiger partial charge in [0.15, 0.2) is 5.43 Å². The molecule has 0 aliphatic carbocycles. The number of pyridine rings is 2. The molecule has 0 fully saturated rings. The minimum absolute atomic E-state index is 0.151. The zero-order valence-electron chi connectivity index (χ0n) is 9.83. The summed E-state index contributed by atoms with van der Waals surface area (Å²) in [6.07, 6.45) is 6.41. The topological polar surface area (TPSA) is 97.8 Å². The number of aromatic nitrogens is 3. The zero-order valence-corrected chi connectivity index (χ0v) is 9.83. The second-order valence-electron chi connectivity index (χ2n) is 3.93. The fourth-order valence-corrected chi connectivity index (χ4v) is 1.89. The van der Waals surface area contributed by atoms with Gasteiger partial charge in [-0.05, 0) is 17.7 Å². The molecule has 0 saturated heterocycles. The molecule has 0 aliphatic heterocycles. The maximum Gasteiger partial charge on any atom is 0.230 e. The van der Waals surface area contributed by atoms with E-state index in [0.29, 0.717) is 16.8 Å². The van der Waals surface area contributed by atoms with Crippen LogP contribution in [0.25, 0.3) is 22.4 Å². The van der Waals surface area contributed by atoms with Gasteiger partial charge < -0.3 is 15.2 Å². The third-order valence-corrected chi connectivity index (χ3v) is 2.77. The summed E-state index contributed by atoms with van der Waals surface area (Å²) in [5.41, 5.74) is 7.88. The summed E-state index contributed by atoms with van der Waals surface area (Å²) in [6.45, 7) is 0. The van der Waals surface area contributed by atoms with Crippen LogP contribution < -0.4 is 11.2 Å². The molecule has 94 valence electrons. The average molecular weight is 254 g/mol. The second-order valence-corrected chi connectivity index (χ2v) is 3.93. The molecule has 3 heterocycles. The molecule has 0 aromatic carbocycles. The number of nitrogens with zero attached hydrogens (tertiary/aromatic N) is 2. The summed E-state index contributed by atoms with van der Waals surface area (Å²) in [7, 11) is 0. The van der Waals surface area contributed by atoms with Gasteiger partial charge in [0.2, 0.25) is 5.88 Å². The van der Waals surface area contributed by atoms with Crippen LogP contribution in [-0.4, -0.2) is 15.1 Å². The Balaban J connectivity index is 2.26. The summed E-state index contributed by atoms with van der Waals surface area (Å²) < 4.78 is 5.01. The lowest BCUT2D eigenvalue weighted by Crippen LogP contribution is -2.03. The van der Waals surface area contributed by atoms with Crippen molar-refractivity contribution in [2.75, 3.05) is 5.73 Å². The van der Waals surface area contributed by atoms with E-state index >= 15 is 0 Å². The molecule has 3 aromatic rings. The fourth-order valence-electron chi connectivity index (χ4n) is 1.89. The Kier molecular flexibility index (Phi) is 2.60. The van der Waals surface area contributed by atoms with Crippen LogP contribution in [0, 0.1) is 0 Å². The number of hydrogen-bond acceptors (Lipinski definition) is 5. The van der Waals surface area contributed by atoms with Crippen molar-refractivity contribution >= 4 is 5.88 Å². The van der Waals surface area contributed by atoms with Gasteiger partial charge in [0, 0.05) is 30.9 Å². The number of nitrogen functional groups attached to an aromatic ring is 1. The molecule has 3 rings (SSSR count). The minimum Gasteiger partial charge on any atom is -0.367 e. The third kappa shape index (κ3) is 1.89. The number of nitrogens with two attached hydrogens (primary N) is 1. The molecule has 3 aromatic heterocycles. The van der Waals surface area contributed by atoms with Crippen molar-refractivity contribution in [1.82, 2.24) is 15.1 Å². The van der Waals surface area contributed by atoms with E-state index in [4.69, 9.17) is 10.3 Å². The lowest BCUT2D eigenvalue weighted by Gasteiger charge is -2.01. The average Bonchev–Trinajstić information content (AvgIpc) is 2.82. The molecule has 3 N–H and O–H groups in total. The van der Waals surface area contributed by atoms with Gasteiger partial charge in [-0.2, -0.15) is 0 Å². The van der Waals surface area contributed by atoms with E-state index in [9.17, 15) is 4.79 Å². The van der Waals surface area contributed by atoms with Crippen LogP contribution >= 0.6 is 0 Å². The highest BCUT2D eigenvalue weighted by atomic mass is 16.5. The van der Waals surface area contributed by atoms with E-state index in [1.165, 1.54) is 6.07 Å². The highest BCUT2D eigenvalue weighted by Crippen LogP contribution is 2.34. The molecule has 19 heavy (non-hydrogen) atoms. The first kappa shape index (κ1) is 11.2. The monoisotopic (exact) mass is 254 g/mol. The summed E-state index contributed by atoms with van der Waals surface area (Å²) in [5.74, 6) is 0.171. The maximum atomic E-state index is 11.9. The van der Waals surface area contributed by atoms with Crippen molar-refractivity contribution in [2.24, 2.45) is 0 Å². The molecule has 0 aliphatic rings. The molecule has 0 radical (unpaired) electrons. The molecule has 0 atom stereocenters. The SMILES string of the molecule is Nc1onc(-c2c[nH]ccc2=O)c1-c1ccncc1. The van der Waals surface area contributed by atoms with Gasteiger partial charge in [0.25, 0.3) is 0 Å². The highest BCUT2D eigenvalue weighted by Gasteiger charge is 2.19. The molecular weight excluding hydrogens is 244 g/mol. The summed E-state index contributed by atoms with van der Waals surface area (Å²) in [6, 6.07) is 4.99. The van der Waals surface area contributed by atoms with Gasteiger partial charge in [-0.3, -0.25) is 9.78 Å². The van der Waals surface area contributed by atoms with Gasteiger partial charge in [0.1, 0.15) is 5.69 Å². The predicted molar refractivity (Wildman–Crippen MR) is 70.2 cm³/mol. The van der Waals surface area contributed by atoms with Crippen molar-refractivity contribution in [3.8, 4) is 22.4 Å². The van der Waals surface area contributed by atoms with Crippen LogP contribution in [0.15, 0.2) is 52.3 Å². The van der Waals surface area contributed by atoms with E-state index in [-0.39, 0.29) is 11.3 Å². The zero-order chi connectivity index (χ0) is 13.2. The van der Waals surface area contributed by atoms with Crippen LogP contribution in [0.4, 0.5) is 5.88 Å². The molecule has 0 spiro atoms. The van der Waals surface area contributed by atoms with Crippen molar-refractivity contribution < 1.29 is 4.52 Å². The fraction of sp³-hybridized carbons (Fsp3) is 0. The number of anilines is 1. The van der Waals surface area contributed by atoms with Crippen molar-refractivity contribution in [2.45, 2.75) is 0 Å². The Bertz CT molecular complexity index is 762. The van der Waals surface area contributed by atoms with E-state index in [1.54, 1.807) is 36.9 Å². The predicted octanol–water partition coefficient (Wildman–Crippen LogP) is 1.67. The molecular formula is C13H10N4O2. The Morgan fingerprint density at radius 2 is 2.00 bits per heavy atom. The first-order valence-corrected chi connectivity index (χ1v) is 5.60. The Morgan fingerprint density at radius 1 is 1.21 bits per heavy atom. The van der Waals surface area contributed by atoms with Crippen molar-refractivity contribution in [1.29, 1.82) is 0 Å². The summed E-state index contributed by atoms with van der Waals surface area (Å²) in [4.78, 5) is 18.7. The third-order valence-electron chi connectivity index (χ3n) is 2.77. The van der Waals surface area contributed by atoms with Gasteiger partial charge >= 0.3 is 0 Å². The first-order valence-electron chi connectivity index (χ1n) is 5.60. The first-order chi connectivity index (χ1) is 9.27. The lowest BCUT2D eigenvalue weighted by molar-refractivity contribution is 0.439. The molecule has 6 nitrogen and oxygen atoms in total. The summed E-state index contributed by atoms with van der Waals surface area (Å²) in [5, 5.41) is 3.88. The quantitative estimate of drug-likeness (QED) is 0.725. The normalized spacial score (nSPS) is 10.5. The number of aromatic amines is 1. The minimum atomic E-state index is -0.151. The van der Waals surface area contributed by atoms with E-state index in [2.05, 4.69) is 15.1 Å². The van der Waals surface area contributed by atoms with Gasteiger partial charge in [-0.15, -0.1) is 0 Å². The van der Waals surface area contributed by atoms with E-state index < -0.39 is 0 Å². The standard InChI is InChI=1S/C13H10N4O2/c14-13-11(8-1-4-15-5-2-8)12(17-19-13)9-7-16-6-3-10(9)18/h1-7H,14H2,(H,16,18). The molecule has 0 amide bonds. The number of H-pyrrole nitrogens is 1. The smallest absolute Gasteiger partial charge is 0.230 e. The van der Waals surface area contributed by atoms with Gasteiger partial charge in [-0.25, -0.2) is 0 Å². The maximum absolute atomic E-state index is 11.9. The lowest BCUT2D eigenvalue weighted by atomic mass is 10.0. The van der Waals surface area contributed by atoms with Crippen LogP contribution in [0.3, 0.4) is 0 Å². The highest BCUT2D eigenvalue weighted by molar-refractivity contribution is 5.86. The molecule has 0 saturated carbocycles. The van der Waals surface area contributed by atoms with Crippen molar-refractivity contribution in [3.63, 3.8) is 0 Å². The van der Waals surface area contributed by atoms with Crippen molar-refractivity contribution in [3.05, 3.63) is 53.2 Å². The Hall–Kier alpha value is -2.89. The number of rotatable bonds is 2. The van der Waals surface area contributed by atoms with E-state index in [0.717, 1.165) is 5.56 Å². The van der Waals surface area contributed by atoms with Crippen LogP contribution in [0.2, 0.25) is 0 Å². The molecule has 6 heteroatoms. The number of hydrogen-bond donors (Lipinski definition) is 2. The van der Waals surface area contributed by atoms with Crippen LogP contribution in [-0.2, 0) is 0 Å². The molecule has 0 bridgehead atoms. The van der Waals surface area contributed by atoms with E-state index in [1.807, 2.05) is 0 Å². The van der Waals surface area contributed by atoms with Gasteiger partial charge in [0.05, 0.1) is 11.1 Å². The Morgan fingerprint density at radius 3 is 2.74 bits per heavy atom. The largest absolute Gasteiger partial charge is 0.367 e. The van der Waals surface area contributed by atoms with Crippen LogP contribution in [0.5, 0.6) is 0 Å². The number of nitrogens with one attached hydrogen (secondary N) is 1. The van der Waals surface area contributed by atoms with Crippen LogP contribution in [0.1, 0.15) is 0 Å². The van der Waals surface area contributed by atoms with Gasteiger partial charge in [-0.1, -0.05) is 5.16 Å². The summed E-state index contributed by atoms with van der Waals surface area (Å²) >= 11 is 0. The second kappa shape index (κ2) is 4.41. The molecule has 0 unspecified atom stereocenters. The Labute approximate surface area is 107 Å².